The fourth-order valence-electron chi connectivity index (χ4n) is 1.70. The van der Waals surface area contributed by atoms with Crippen LogP contribution in [-0.2, 0) is 6.42 Å². The van der Waals surface area contributed by atoms with E-state index >= 15 is 0 Å². The quantitative estimate of drug-likeness (QED) is 0.910. The van der Waals surface area contributed by atoms with Crippen molar-refractivity contribution < 1.29 is 9.53 Å². The Labute approximate surface area is 113 Å². The summed E-state index contributed by atoms with van der Waals surface area (Å²) in [5.41, 5.74) is 2.33. The summed E-state index contributed by atoms with van der Waals surface area (Å²) in [4.78, 5) is 11.6. The number of carbonyl (C=O) groups excluding carboxylic acids is 1. The van der Waals surface area contributed by atoms with Gasteiger partial charge in [-0.25, -0.2) is 4.79 Å². The van der Waals surface area contributed by atoms with Gasteiger partial charge in [-0.15, -0.1) is 0 Å². The normalized spacial score (nSPS) is 9.95. The molecule has 0 spiro atoms. The Bertz CT molecular complexity index is 520. The first-order valence-corrected chi connectivity index (χ1v) is 6.30. The van der Waals surface area contributed by atoms with E-state index in [1.807, 2.05) is 49.4 Å². The third-order valence-corrected chi connectivity index (χ3v) is 2.76. The lowest BCUT2D eigenvalue weighted by molar-refractivity contribution is 0.200. The molecular weight excluding hydrogens is 238 g/mol. The third-order valence-electron chi connectivity index (χ3n) is 2.76. The second-order valence-corrected chi connectivity index (χ2v) is 4.36. The summed E-state index contributed by atoms with van der Waals surface area (Å²) >= 11 is 0. The van der Waals surface area contributed by atoms with Crippen LogP contribution in [0.1, 0.15) is 11.1 Å². The summed E-state index contributed by atoms with van der Waals surface area (Å²) in [6, 6.07) is 17.4. The van der Waals surface area contributed by atoms with E-state index < -0.39 is 6.09 Å². The van der Waals surface area contributed by atoms with Crippen LogP contribution in [0.3, 0.4) is 0 Å². The molecule has 98 valence electrons. The summed E-state index contributed by atoms with van der Waals surface area (Å²) in [5.74, 6) is 0.558. The zero-order chi connectivity index (χ0) is 13.5. The maximum absolute atomic E-state index is 11.6. The summed E-state index contributed by atoms with van der Waals surface area (Å²) in [7, 11) is 0. The number of hydrogen-bond acceptors (Lipinski definition) is 2. The average Bonchev–Trinajstić information content (AvgIpc) is 2.43. The van der Waals surface area contributed by atoms with Crippen molar-refractivity contribution in [1.82, 2.24) is 5.32 Å². The lowest BCUT2D eigenvalue weighted by Crippen LogP contribution is -2.28. The van der Waals surface area contributed by atoms with Crippen LogP contribution in [0.25, 0.3) is 0 Å². The van der Waals surface area contributed by atoms with Crippen LogP contribution in [0.2, 0.25) is 0 Å². The molecule has 1 N–H and O–H groups in total. The highest BCUT2D eigenvalue weighted by atomic mass is 16.5. The number of aryl methyl sites for hydroxylation is 1. The van der Waals surface area contributed by atoms with Crippen LogP contribution >= 0.6 is 0 Å². The molecule has 0 aliphatic rings. The minimum Gasteiger partial charge on any atom is -0.410 e. The van der Waals surface area contributed by atoms with Crippen LogP contribution in [0.5, 0.6) is 5.75 Å². The molecule has 0 saturated heterocycles. The Morgan fingerprint density at radius 3 is 2.42 bits per heavy atom. The molecule has 0 fully saturated rings. The van der Waals surface area contributed by atoms with Crippen LogP contribution in [0.15, 0.2) is 54.6 Å². The van der Waals surface area contributed by atoms with E-state index in [2.05, 4.69) is 5.32 Å². The van der Waals surface area contributed by atoms with Gasteiger partial charge < -0.3 is 10.1 Å². The summed E-state index contributed by atoms with van der Waals surface area (Å²) in [6.07, 6.45) is 0.379. The second-order valence-electron chi connectivity index (χ2n) is 4.36. The highest BCUT2D eigenvalue weighted by molar-refractivity contribution is 5.70. The fraction of sp³-hybridized carbons (Fsp3) is 0.188. The van der Waals surface area contributed by atoms with Gasteiger partial charge in [0, 0.05) is 6.54 Å². The van der Waals surface area contributed by atoms with Crippen molar-refractivity contribution in [3.8, 4) is 5.75 Å². The number of amides is 1. The van der Waals surface area contributed by atoms with Gasteiger partial charge in [0.2, 0.25) is 0 Å². The van der Waals surface area contributed by atoms with Crippen LogP contribution in [0.4, 0.5) is 4.79 Å². The number of hydrogen-bond donors (Lipinski definition) is 1. The van der Waals surface area contributed by atoms with Gasteiger partial charge in [0.25, 0.3) is 0 Å². The van der Waals surface area contributed by atoms with Crippen molar-refractivity contribution in [3.63, 3.8) is 0 Å². The molecule has 0 aliphatic carbocycles. The number of carbonyl (C=O) groups is 1. The first kappa shape index (κ1) is 13.1. The molecule has 0 bridgehead atoms. The molecule has 19 heavy (non-hydrogen) atoms. The Morgan fingerprint density at radius 1 is 1.05 bits per heavy atom. The van der Waals surface area contributed by atoms with E-state index in [-0.39, 0.29) is 0 Å². The zero-order valence-electron chi connectivity index (χ0n) is 10.9. The highest BCUT2D eigenvalue weighted by Gasteiger charge is 2.03. The van der Waals surface area contributed by atoms with Gasteiger partial charge >= 0.3 is 6.09 Å². The molecule has 0 unspecified atom stereocenters. The first-order valence-electron chi connectivity index (χ1n) is 6.30. The number of ether oxygens (including phenoxy) is 1. The van der Waals surface area contributed by atoms with Crippen molar-refractivity contribution in [3.05, 3.63) is 65.7 Å². The number of nitrogens with one attached hydrogen (secondary N) is 1. The highest BCUT2D eigenvalue weighted by Crippen LogP contribution is 2.11. The number of benzene rings is 2. The summed E-state index contributed by atoms with van der Waals surface area (Å²) in [6.45, 7) is 2.55. The molecule has 0 atom stereocenters. The maximum atomic E-state index is 11.6. The van der Waals surface area contributed by atoms with Gasteiger partial charge in [-0.2, -0.15) is 0 Å². The fourth-order valence-corrected chi connectivity index (χ4v) is 1.70. The Balaban J connectivity index is 1.74. The van der Waals surface area contributed by atoms with E-state index in [0.717, 1.165) is 12.0 Å². The van der Waals surface area contributed by atoms with Crippen molar-refractivity contribution in [1.29, 1.82) is 0 Å². The predicted octanol–water partition coefficient (Wildman–Crippen LogP) is 3.33. The largest absolute Gasteiger partial charge is 0.412 e. The molecule has 2 aromatic rings. The molecule has 0 saturated carbocycles. The lowest BCUT2D eigenvalue weighted by Gasteiger charge is -2.06. The second kappa shape index (κ2) is 6.59. The SMILES string of the molecule is Cc1ccc(OC(=O)NCCc2ccccc2)cc1. The van der Waals surface area contributed by atoms with Crippen molar-refractivity contribution in [2.75, 3.05) is 6.54 Å². The maximum Gasteiger partial charge on any atom is 0.412 e. The van der Waals surface area contributed by atoms with Crippen molar-refractivity contribution in [2.24, 2.45) is 0 Å². The molecule has 3 nitrogen and oxygen atoms in total. The third kappa shape index (κ3) is 4.47. The minimum absolute atomic E-state index is 0.417. The molecule has 2 aromatic carbocycles. The van der Waals surface area contributed by atoms with Gasteiger partial charge in [-0.1, -0.05) is 48.0 Å². The Morgan fingerprint density at radius 2 is 1.74 bits per heavy atom. The molecule has 0 aromatic heterocycles. The van der Waals surface area contributed by atoms with Gasteiger partial charge in [-0.05, 0) is 31.0 Å². The van der Waals surface area contributed by atoms with E-state index in [9.17, 15) is 4.79 Å². The molecule has 2 rings (SSSR count). The van der Waals surface area contributed by atoms with Gasteiger partial charge in [0.1, 0.15) is 5.75 Å². The van der Waals surface area contributed by atoms with Crippen molar-refractivity contribution in [2.45, 2.75) is 13.3 Å². The molecular formula is C16H17NO2. The molecule has 1 amide bonds. The van der Waals surface area contributed by atoms with E-state index in [1.54, 1.807) is 12.1 Å². The lowest BCUT2D eigenvalue weighted by atomic mass is 10.1. The Hall–Kier alpha value is -2.29. The Kier molecular flexibility index (Phi) is 4.56. The topological polar surface area (TPSA) is 38.3 Å². The average molecular weight is 255 g/mol. The zero-order valence-corrected chi connectivity index (χ0v) is 10.9. The van der Waals surface area contributed by atoms with Gasteiger partial charge in [-0.3, -0.25) is 0 Å². The molecule has 0 aliphatic heterocycles. The molecule has 0 heterocycles. The van der Waals surface area contributed by atoms with Crippen LogP contribution in [0, 0.1) is 6.92 Å². The van der Waals surface area contributed by atoms with E-state index in [4.69, 9.17) is 4.74 Å². The smallest absolute Gasteiger partial charge is 0.410 e. The molecule has 3 heteroatoms. The summed E-state index contributed by atoms with van der Waals surface area (Å²) in [5, 5.41) is 2.73. The van der Waals surface area contributed by atoms with Gasteiger partial charge in [0.05, 0.1) is 0 Å². The minimum atomic E-state index is -0.417. The van der Waals surface area contributed by atoms with Gasteiger partial charge in [0.15, 0.2) is 0 Å². The standard InChI is InChI=1S/C16H17NO2/c1-13-7-9-15(10-8-13)19-16(18)17-12-11-14-5-3-2-4-6-14/h2-10H,11-12H2,1H3,(H,17,18). The van der Waals surface area contributed by atoms with E-state index in [0.29, 0.717) is 12.3 Å². The summed E-state index contributed by atoms with van der Waals surface area (Å²) < 4.78 is 5.16. The van der Waals surface area contributed by atoms with E-state index in [1.165, 1.54) is 5.56 Å². The van der Waals surface area contributed by atoms with Crippen LogP contribution < -0.4 is 10.1 Å². The predicted molar refractivity (Wildman–Crippen MR) is 75.4 cm³/mol. The van der Waals surface area contributed by atoms with Crippen molar-refractivity contribution >= 4 is 6.09 Å². The molecule has 0 radical (unpaired) electrons. The monoisotopic (exact) mass is 255 g/mol. The van der Waals surface area contributed by atoms with Crippen LogP contribution in [-0.4, -0.2) is 12.6 Å². The number of rotatable bonds is 4. The first-order chi connectivity index (χ1) is 9.24.